The molecule has 0 unspecified atom stereocenters. The summed E-state index contributed by atoms with van der Waals surface area (Å²) in [5.74, 6) is 0. The summed E-state index contributed by atoms with van der Waals surface area (Å²) >= 11 is 17.6. The van der Waals surface area contributed by atoms with E-state index in [1.807, 2.05) is 48.5 Å². The molecule has 2 nitrogen and oxygen atoms in total. The van der Waals surface area contributed by atoms with Crippen molar-refractivity contribution in [2.24, 2.45) is 0 Å². The molecule has 2 aromatic rings. The molecule has 3 rings (SSSR count). The standard InChI is InChI=1S/C15H12Cl2N2S/c16-11-1-5-13(6-2-11)19(10-9-18-15(19)20)14-7-3-12(17)4-8-14/h1-8H,9-10H2/p+1. The Bertz CT molecular complexity index is 592. The SMILES string of the molecule is S=C1NCC[N+]1(c1ccc(Cl)cc1)c1ccc(Cl)cc1. The predicted octanol–water partition coefficient (Wildman–Crippen LogP) is 4.52. The Kier molecular flexibility index (Phi) is 3.69. The van der Waals surface area contributed by atoms with Gasteiger partial charge in [0.05, 0.1) is 6.54 Å². The van der Waals surface area contributed by atoms with Crippen LogP contribution in [0.2, 0.25) is 10.0 Å². The third kappa shape index (κ3) is 2.21. The summed E-state index contributed by atoms with van der Waals surface area (Å²) in [6, 6.07) is 15.7. The van der Waals surface area contributed by atoms with Crippen molar-refractivity contribution in [2.75, 3.05) is 13.1 Å². The Balaban J connectivity index is 2.17. The first-order valence-corrected chi connectivity index (χ1v) is 7.48. The lowest BCUT2D eigenvalue weighted by Gasteiger charge is -2.31. The summed E-state index contributed by atoms with van der Waals surface area (Å²) in [5, 5.41) is 5.52. The zero-order chi connectivity index (χ0) is 14.2. The molecule has 0 atom stereocenters. The van der Waals surface area contributed by atoms with Crippen LogP contribution in [0, 0.1) is 0 Å². The van der Waals surface area contributed by atoms with Gasteiger partial charge in [0.1, 0.15) is 17.9 Å². The number of benzene rings is 2. The van der Waals surface area contributed by atoms with E-state index in [0.717, 1.165) is 39.6 Å². The molecule has 0 spiro atoms. The highest BCUT2D eigenvalue weighted by molar-refractivity contribution is 7.80. The lowest BCUT2D eigenvalue weighted by atomic mass is 10.2. The summed E-state index contributed by atoms with van der Waals surface area (Å²) < 4.78 is 0.518. The number of rotatable bonds is 2. The first-order valence-electron chi connectivity index (χ1n) is 6.32. The van der Waals surface area contributed by atoms with E-state index in [9.17, 15) is 0 Å². The first kappa shape index (κ1) is 13.8. The fourth-order valence-electron chi connectivity index (χ4n) is 2.60. The largest absolute Gasteiger partial charge is 0.325 e. The van der Waals surface area contributed by atoms with Crippen LogP contribution in [-0.2, 0) is 0 Å². The molecule has 1 saturated heterocycles. The van der Waals surface area contributed by atoms with E-state index < -0.39 is 0 Å². The van der Waals surface area contributed by atoms with Gasteiger partial charge in [-0.2, -0.15) is 0 Å². The van der Waals surface area contributed by atoms with Crippen molar-refractivity contribution in [1.29, 1.82) is 0 Å². The van der Waals surface area contributed by atoms with Crippen molar-refractivity contribution in [3.63, 3.8) is 0 Å². The van der Waals surface area contributed by atoms with Gasteiger partial charge in [0, 0.05) is 46.5 Å². The Morgan fingerprint density at radius 3 is 1.65 bits per heavy atom. The van der Waals surface area contributed by atoms with E-state index in [1.165, 1.54) is 0 Å². The van der Waals surface area contributed by atoms with Crippen molar-refractivity contribution >= 4 is 51.9 Å². The molecule has 0 bridgehead atoms. The van der Waals surface area contributed by atoms with Gasteiger partial charge >= 0.3 is 0 Å². The van der Waals surface area contributed by atoms with Crippen LogP contribution in [0.3, 0.4) is 0 Å². The lowest BCUT2D eigenvalue weighted by molar-refractivity contribution is 0.615. The number of hydrogen-bond donors (Lipinski definition) is 1. The smallest absolute Gasteiger partial charge is 0.280 e. The third-order valence-electron chi connectivity index (χ3n) is 3.60. The number of nitrogens with one attached hydrogen (secondary N) is 1. The van der Waals surface area contributed by atoms with Crippen LogP contribution < -0.4 is 9.80 Å². The second-order valence-corrected chi connectivity index (χ2v) is 5.98. The van der Waals surface area contributed by atoms with Gasteiger partial charge in [-0.05, 0) is 24.3 Å². The molecule has 1 fully saturated rings. The molecular weight excluding hydrogens is 311 g/mol. The average molecular weight is 324 g/mol. The van der Waals surface area contributed by atoms with E-state index in [2.05, 4.69) is 5.32 Å². The fourth-order valence-corrected chi connectivity index (χ4v) is 3.26. The molecule has 0 amide bonds. The van der Waals surface area contributed by atoms with Crippen LogP contribution in [0.15, 0.2) is 48.5 Å². The minimum absolute atomic E-state index is 0.518. The third-order valence-corrected chi connectivity index (χ3v) is 4.56. The van der Waals surface area contributed by atoms with Gasteiger partial charge in [-0.15, -0.1) is 0 Å². The van der Waals surface area contributed by atoms with Gasteiger partial charge in [0.15, 0.2) is 0 Å². The van der Waals surface area contributed by atoms with Gasteiger partial charge in [-0.1, -0.05) is 23.2 Å². The summed E-state index contributed by atoms with van der Waals surface area (Å²) in [4.78, 5) is 0. The second-order valence-electron chi connectivity index (χ2n) is 4.72. The Labute approximate surface area is 133 Å². The molecule has 0 saturated carbocycles. The van der Waals surface area contributed by atoms with Crippen LogP contribution in [0.25, 0.3) is 0 Å². The van der Waals surface area contributed by atoms with Gasteiger partial charge in [0.2, 0.25) is 0 Å². The van der Waals surface area contributed by atoms with Crippen molar-refractivity contribution < 1.29 is 0 Å². The maximum Gasteiger partial charge on any atom is 0.280 e. The fraction of sp³-hybridized carbons (Fsp3) is 0.133. The molecule has 0 aliphatic carbocycles. The van der Waals surface area contributed by atoms with Crippen LogP contribution in [0.5, 0.6) is 0 Å². The average Bonchev–Trinajstić information content (AvgIpc) is 2.83. The molecule has 1 N–H and O–H groups in total. The van der Waals surface area contributed by atoms with Crippen molar-refractivity contribution in [1.82, 2.24) is 9.80 Å². The monoisotopic (exact) mass is 323 g/mol. The van der Waals surface area contributed by atoms with Gasteiger partial charge < -0.3 is 5.32 Å². The van der Waals surface area contributed by atoms with E-state index in [-0.39, 0.29) is 0 Å². The first-order chi connectivity index (χ1) is 9.63. The number of halogens is 2. The molecule has 2 aromatic carbocycles. The summed E-state index contributed by atoms with van der Waals surface area (Å²) in [6.45, 7) is 1.73. The van der Waals surface area contributed by atoms with Crippen molar-refractivity contribution in [3.8, 4) is 0 Å². The Hall–Kier alpha value is -1.13. The Morgan fingerprint density at radius 2 is 1.30 bits per heavy atom. The van der Waals surface area contributed by atoms with Gasteiger partial charge in [0.25, 0.3) is 5.11 Å². The Morgan fingerprint density at radius 1 is 0.850 bits per heavy atom. The number of nitrogens with zero attached hydrogens (tertiary/aromatic N) is 1. The summed E-state index contributed by atoms with van der Waals surface area (Å²) in [5.41, 5.74) is 2.21. The highest BCUT2D eigenvalue weighted by Gasteiger charge is 2.42. The molecule has 1 aliphatic rings. The van der Waals surface area contributed by atoms with Crippen molar-refractivity contribution in [3.05, 3.63) is 58.6 Å². The molecule has 102 valence electrons. The zero-order valence-corrected chi connectivity index (χ0v) is 13.0. The van der Waals surface area contributed by atoms with Crippen LogP contribution in [-0.4, -0.2) is 18.2 Å². The number of thiocarbonyl (C=S) groups is 1. The second kappa shape index (κ2) is 5.34. The molecular formula is C15H13Cl2N2S+. The zero-order valence-electron chi connectivity index (χ0n) is 10.6. The molecule has 20 heavy (non-hydrogen) atoms. The molecule has 5 heteroatoms. The quantitative estimate of drug-likeness (QED) is 0.644. The molecule has 1 heterocycles. The maximum atomic E-state index is 5.99. The summed E-state index contributed by atoms with van der Waals surface area (Å²) in [7, 11) is 0. The van der Waals surface area contributed by atoms with Gasteiger partial charge in [-0.3, -0.25) is 0 Å². The highest BCUT2D eigenvalue weighted by atomic mass is 35.5. The topological polar surface area (TPSA) is 12.0 Å². The van der Waals surface area contributed by atoms with E-state index in [1.54, 1.807) is 0 Å². The van der Waals surface area contributed by atoms with Crippen LogP contribution in [0.4, 0.5) is 11.4 Å². The predicted molar refractivity (Wildman–Crippen MR) is 89.8 cm³/mol. The lowest BCUT2D eigenvalue weighted by Crippen LogP contribution is -2.46. The van der Waals surface area contributed by atoms with Crippen molar-refractivity contribution in [2.45, 2.75) is 0 Å². The maximum absolute atomic E-state index is 5.99. The normalized spacial score (nSPS) is 17.0. The molecule has 0 aromatic heterocycles. The number of hydrogen-bond acceptors (Lipinski definition) is 1. The minimum atomic E-state index is 0.518. The summed E-state index contributed by atoms with van der Waals surface area (Å²) in [6.07, 6.45) is 0. The van der Waals surface area contributed by atoms with E-state index >= 15 is 0 Å². The highest BCUT2D eigenvalue weighted by Crippen LogP contribution is 2.37. The van der Waals surface area contributed by atoms with Gasteiger partial charge in [-0.25, -0.2) is 4.48 Å². The minimum Gasteiger partial charge on any atom is -0.325 e. The van der Waals surface area contributed by atoms with Crippen LogP contribution in [0.1, 0.15) is 0 Å². The van der Waals surface area contributed by atoms with Crippen LogP contribution >= 0.6 is 35.4 Å². The molecule has 1 aliphatic heterocycles. The van der Waals surface area contributed by atoms with E-state index in [4.69, 9.17) is 35.4 Å². The number of quaternary nitrogens is 1. The van der Waals surface area contributed by atoms with E-state index in [0.29, 0.717) is 4.48 Å². The molecule has 0 radical (unpaired) electrons.